The van der Waals surface area contributed by atoms with Crippen LogP contribution in [-0.4, -0.2) is 51.0 Å². The van der Waals surface area contributed by atoms with Crippen LogP contribution in [0.2, 0.25) is 0 Å². The van der Waals surface area contributed by atoms with Gasteiger partial charge in [-0.1, -0.05) is 36.5 Å². The Labute approximate surface area is 164 Å². The highest BCUT2D eigenvalue weighted by molar-refractivity contribution is 7.15. The fourth-order valence-electron chi connectivity index (χ4n) is 2.64. The van der Waals surface area contributed by atoms with Crippen LogP contribution < -0.4 is 9.64 Å². The molecule has 2 unspecified atom stereocenters. The molecule has 1 N–H and O–H groups in total. The lowest BCUT2D eigenvalue weighted by Gasteiger charge is -2.15. The number of nitro groups is 1. The van der Waals surface area contributed by atoms with E-state index in [4.69, 9.17) is 4.74 Å². The summed E-state index contributed by atoms with van der Waals surface area (Å²) in [6.45, 7) is 2.11. The van der Waals surface area contributed by atoms with Gasteiger partial charge in [0.2, 0.25) is 5.13 Å². The first kappa shape index (κ1) is 19.7. The Morgan fingerprint density at radius 2 is 2.21 bits per heavy atom. The fourth-order valence-corrected chi connectivity index (χ4v) is 3.53. The summed E-state index contributed by atoms with van der Waals surface area (Å²) in [6.07, 6.45) is 2.58. The summed E-state index contributed by atoms with van der Waals surface area (Å²) in [5, 5.41) is 30.0. The molecular weight excluding hydrogens is 386 g/mol. The highest BCUT2D eigenvalue weighted by atomic mass is 32.1. The molecule has 10 nitrogen and oxygen atoms in total. The maximum Gasteiger partial charge on any atom is 0.328 e. The Hall–Kier alpha value is -3.05. The van der Waals surface area contributed by atoms with Crippen LogP contribution in [0.4, 0.5) is 15.6 Å². The number of urea groups is 1. The summed E-state index contributed by atoms with van der Waals surface area (Å²) in [6, 6.07) is 5.69. The normalized spacial score (nSPS) is 18.1. The molecule has 2 aromatic rings. The lowest BCUT2D eigenvalue weighted by Crippen LogP contribution is -2.34. The zero-order valence-corrected chi connectivity index (χ0v) is 16.1. The zero-order chi connectivity index (χ0) is 20.3. The van der Waals surface area contributed by atoms with Gasteiger partial charge >= 0.3 is 11.7 Å². The van der Waals surface area contributed by atoms with Crippen LogP contribution in [0.15, 0.2) is 36.4 Å². The van der Waals surface area contributed by atoms with Crippen molar-refractivity contribution in [3.63, 3.8) is 0 Å². The first-order chi connectivity index (χ1) is 13.4. The van der Waals surface area contributed by atoms with Gasteiger partial charge in [-0.05, 0) is 18.6 Å². The molecule has 0 saturated carbocycles. The van der Waals surface area contributed by atoms with Crippen LogP contribution in [-0.2, 0) is 0 Å². The van der Waals surface area contributed by atoms with Crippen molar-refractivity contribution in [2.45, 2.75) is 25.7 Å². The summed E-state index contributed by atoms with van der Waals surface area (Å²) in [7, 11) is 1.58. The standard InChI is InChI=1S/C17H19N5O5S/c1-3-4-8-13(27-12-9-6-5-7-11(12)22(25)26)15-18-19-16(28-15)21-14(23)10-20(2)17(21)24/h4-9,13-14,23H,3,10H2,1-2H3. The number of para-hydroxylation sites is 2. The monoisotopic (exact) mass is 405 g/mol. The maximum atomic E-state index is 12.2. The number of aromatic nitrogens is 2. The van der Waals surface area contributed by atoms with Gasteiger partial charge in [0.15, 0.2) is 23.1 Å². The number of nitrogens with zero attached hydrogens (tertiary/aromatic N) is 5. The second-order valence-corrected chi connectivity index (χ2v) is 7.02. The van der Waals surface area contributed by atoms with Crippen LogP contribution >= 0.6 is 11.3 Å². The Kier molecular flexibility index (Phi) is 5.85. The van der Waals surface area contributed by atoms with Crippen molar-refractivity contribution in [3.8, 4) is 5.75 Å². The number of β-amino-alcohol motifs (C(OH)–C–C–N with tert-alkyl or cyclic N) is 1. The number of ether oxygens (including phenoxy) is 1. The van der Waals surface area contributed by atoms with Gasteiger partial charge in [-0.3, -0.25) is 10.1 Å². The topological polar surface area (TPSA) is 122 Å². The highest BCUT2D eigenvalue weighted by Crippen LogP contribution is 2.35. The molecule has 28 heavy (non-hydrogen) atoms. The van der Waals surface area contributed by atoms with Gasteiger partial charge in [0.1, 0.15) is 0 Å². The van der Waals surface area contributed by atoms with E-state index in [0.29, 0.717) is 5.01 Å². The van der Waals surface area contributed by atoms with Crippen molar-refractivity contribution in [2.75, 3.05) is 18.5 Å². The molecule has 148 valence electrons. The minimum absolute atomic E-state index is 0.104. The second-order valence-electron chi connectivity index (χ2n) is 6.04. The number of carbonyl (C=O) groups is 1. The number of rotatable bonds is 7. The number of allylic oxidation sites excluding steroid dienone is 1. The number of carbonyl (C=O) groups excluding carboxylic acids is 1. The molecule has 0 radical (unpaired) electrons. The van der Waals surface area contributed by atoms with Crippen molar-refractivity contribution < 1.29 is 19.6 Å². The first-order valence-corrected chi connectivity index (χ1v) is 9.36. The number of aliphatic hydroxyl groups is 1. The molecule has 1 aliphatic heterocycles. The number of hydrogen-bond acceptors (Lipinski definition) is 8. The molecule has 0 bridgehead atoms. The molecule has 1 aromatic carbocycles. The van der Waals surface area contributed by atoms with E-state index in [-0.39, 0.29) is 29.1 Å². The van der Waals surface area contributed by atoms with Crippen molar-refractivity contribution in [2.24, 2.45) is 0 Å². The number of benzene rings is 1. The average Bonchev–Trinajstić information content (AvgIpc) is 3.23. The molecule has 1 aliphatic rings. The summed E-state index contributed by atoms with van der Waals surface area (Å²) in [5.74, 6) is 0.104. The van der Waals surface area contributed by atoms with Gasteiger partial charge in [0, 0.05) is 13.1 Å². The average molecular weight is 405 g/mol. The third-order valence-corrected chi connectivity index (χ3v) is 4.99. The fraction of sp³-hybridized carbons (Fsp3) is 0.353. The number of aliphatic hydroxyl groups excluding tert-OH is 1. The van der Waals surface area contributed by atoms with E-state index in [1.807, 2.05) is 13.0 Å². The Bertz CT molecular complexity index is 902. The predicted molar refractivity (Wildman–Crippen MR) is 102 cm³/mol. The lowest BCUT2D eigenvalue weighted by molar-refractivity contribution is -0.386. The van der Waals surface area contributed by atoms with Crippen LogP contribution in [0.1, 0.15) is 24.5 Å². The highest BCUT2D eigenvalue weighted by Gasteiger charge is 2.37. The zero-order valence-electron chi connectivity index (χ0n) is 15.3. The molecule has 2 atom stereocenters. The van der Waals surface area contributed by atoms with Crippen LogP contribution in [0, 0.1) is 10.1 Å². The van der Waals surface area contributed by atoms with Gasteiger partial charge in [-0.25, -0.2) is 9.69 Å². The number of anilines is 1. The molecule has 3 rings (SSSR count). The van der Waals surface area contributed by atoms with Gasteiger partial charge < -0.3 is 14.7 Å². The molecule has 1 saturated heterocycles. The lowest BCUT2D eigenvalue weighted by atomic mass is 10.2. The Balaban J connectivity index is 1.90. The summed E-state index contributed by atoms with van der Waals surface area (Å²) >= 11 is 1.08. The Morgan fingerprint density at radius 3 is 2.86 bits per heavy atom. The largest absolute Gasteiger partial charge is 0.472 e. The van der Waals surface area contributed by atoms with Crippen LogP contribution in [0.3, 0.4) is 0 Å². The molecule has 2 heterocycles. The van der Waals surface area contributed by atoms with Gasteiger partial charge in [-0.2, -0.15) is 0 Å². The minimum atomic E-state index is -1.01. The number of likely N-dealkylation sites (N-methyl/N-ethyl adjacent to an activating group) is 1. The van der Waals surface area contributed by atoms with E-state index in [1.54, 1.807) is 25.3 Å². The summed E-state index contributed by atoms with van der Waals surface area (Å²) < 4.78 is 5.85. The van der Waals surface area contributed by atoms with E-state index in [1.165, 1.54) is 17.0 Å². The number of amides is 2. The van der Waals surface area contributed by atoms with E-state index < -0.39 is 17.3 Å². The van der Waals surface area contributed by atoms with Gasteiger partial charge in [-0.15, -0.1) is 10.2 Å². The molecule has 2 amide bonds. The summed E-state index contributed by atoms with van der Waals surface area (Å²) in [4.78, 5) is 25.5. The van der Waals surface area contributed by atoms with Crippen molar-refractivity contribution in [1.29, 1.82) is 0 Å². The van der Waals surface area contributed by atoms with E-state index in [0.717, 1.165) is 22.7 Å². The SMILES string of the molecule is CCC=CC(Oc1ccccc1[N+](=O)[O-])c1nnc(N2C(=O)N(C)CC2O)s1. The molecule has 0 spiro atoms. The van der Waals surface area contributed by atoms with E-state index >= 15 is 0 Å². The van der Waals surface area contributed by atoms with Gasteiger partial charge in [0.25, 0.3) is 0 Å². The van der Waals surface area contributed by atoms with Crippen molar-refractivity contribution in [1.82, 2.24) is 15.1 Å². The second kappa shape index (κ2) is 8.31. The van der Waals surface area contributed by atoms with Crippen molar-refractivity contribution >= 4 is 28.2 Å². The quantitative estimate of drug-likeness (QED) is 0.427. The van der Waals surface area contributed by atoms with E-state index in [2.05, 4.69) is 10.2 Å². The van der Waals surface area contributed by atoms with Crippen molar-refractivity contribution in [3.05, 3.63) is 51.5 Å². The number of hydrogen-bond donors (Lipinski definition) is 1. The van der Waals surface area contributed by atoms with E-state index in [9.17, 15) is 20.0 Å². The minimum Gasteiger partial charge on any atom is -0.472 e. The first-order valence-electron chi connectivity index (χ1n) is 8.55. The molecule has 1 fully saturated rings. The van der Waals surface area contributed by atoms with Gasteiger partial charge in [0.05, 0.1) is 11.5 Å². The van der Waals surface area contributed by atoms with Crippen LogP contribution in [0.25, 0.3) is 0 Å². The number of nitro benzene ring substituents is 1. The smallest absolute Gasteiger partial charge is 0.328 e. The molecular formula is C17H19N5O5S. The molecule has 11 heteroatoms. The Morgan fingerprint density at radius 1 is 1.46 bits per heavy atom. The molecule has 0 aliphatic carbocycles. The van der Waals surface area contributed by atoms with Crippen LogP contribution in [0.5, 0.6) is 5.75 Å². The third-order valence-electron chi connectivity index (χ3n) is 4.01. The molecule has 1 aromatic heterocycles. The maximum absolute atomic E-state index is 12.2. The predicted octanol–water partition coefficient (Wildman–Crippen LogP) is 2.72. The summed E-state index contributed by atoms with van der Waals surface area (Å²) in [5.41, 5.74) is -0.158. The third kappa shape index (κ3) is 3.94.